The first-order valence-corrected chi connectivity index (χ1v) is 10.3. The zero-order chi connectivity index (χ0) is 25.7. The summed E-state index contributed by atoms with van der Waals surface area (Å²) >= 11 is 0. The molecule has 0 amide bonds. The molecule has 0 aliphatic rings. The summed E-state index contributed by atoms with van der Waals surface area (Å²) in [6, 6.07) is 17.6. The lowest BCUT2D eigenvalue weighted by Gasteiger charge is -2.16. The largest absolute Gasteiger partial charge is 0.545 e. The summed E-state index contributed by atoms with van der Waals surface area (Å²) in [6.07, 6.45) is 0. The summed E-state index contributed by atoms with van der Waals surface area (Å²) in [5, 5.41) is 42.7. The fourth-order valence-electron chi connectivity index (χ4n) is 3.22. The van der Waals surface area contributed by atoms with E-state index in [1.54, 1.807) is 18.2 Å². The van der Waals surface area contributed by atoms with Gasteiger partial charge in [-0.15, -0.1) is 0 Å². The molecule has 3 N–H and O–H groups in total. The quantitative estimate of drug-likeness (QED) is 0.293. The number of para-hydroxylation sites is 3. The zero-order valence-corrected chi connectivity index (χ0v) is 18.2. The third-order valence-corrected chi connectivity index (χ3v) is 4.82. The van der Waals surface area contributed by atoms with E-state index in [0.29, 0.717) is 0 Å². The van der Waals surface area contributed by atoms with Crippen molar-refractivity contribution in [2.24, 2.45) is 0 Å². The highest BCUT2D eigenvalue weighted by molar-refractivity contribution is 5.95. The molecule has 36 heavy (non-hydrogen) atoms. The van der Waals surface area contributed by atoms with Crippen molar-refractivity contribution in [3.05, 3.63) is 89.5 Å². The zero-order valence-electron chi connectivity index (χ0n) is 18.2. The van der Waals surface area contributed by atoms with Gasteiger partial charge >= 0.3 is 0 Å². The molecule has 12 nitrogen and oxygen atoms in total. The number of carbonyl (C=O) groups excluding carboxylic acids is 3. The predicted octanol–water partition coefficient (Wildman–Crippen LogP) is 0.193. The normalized spacial score (nSPS) is 10.3. The predicted molar refractivity (Wildman–Crippen MR) is 122 cm³/mol. The number of benzene rings is 3. The lowest BCUT2D eigenvalue weighted by atomic mass is 10.2. The number of nitrogens with one attached hydrogen (secondary N) is 3. The van der Waals surface area contributed by atoms with Crippen LogP contribution in [0.4, 0.5) is 34.9 Å². The highest BCUT2D eigenvalue weighted by Gasteiger charge is 2.13. The van der Waals surface area contributed by atoms with Crippen LogP contribution >= 0.6 is 0 Å². The molecule has 1 aromatic heterocycles. The summed E-state index contributed by atoms with van der Waals surface area (Å²) in [7, 11) is 0. The van der Waals surface area contributed by atoms with Crippen molar-refractivity contribution in [3.8, 4) is 0 Å². The Morgan fingerprint density at radius 1 is 0.472 bits per heavy atom. The minimum atomic E-state index is -1.44. The minimum Gasteiger partial charge on any atom is -0.545 e. The molecule has 4 aromatic rings. The molecule has 0 saturated heterocycles. The van der Waals surface area contributed by atoms with Crippen LogP contribution in [-0.2, 0) is 0 Å². The van der Waals surface area contributed by atoms with E-state index in [1.165, 1.54) is 54.6 Å². The molecular weight excluding hydrogens is 468 g/mol. The Bertz CT molecular complexity index is 1290. The van der Waals surface area contributed by atoms with Crippen molar-refractivity contribution in [3.63, 3.8) is 0 Å². The van der Waals surface area contributed by atoms with E-state index < -0.39 is 17.9 Å². The Hall–Kier alpha value is -5.52. The van der Waals surface area contributed by atoms with E-state index in [0.717, 1.165) is 0 Å². The van der Waals surface area contributed by atoms with Gasteiger partial charge < -0.3 is 45.7 Å². The summed E-state index contributed by atoms with van der Waals surface area (Å²) in [4.78, 5) is 47.0. The van der Waals surface area contributed by atoms with Gasteiger partial charge in [-0.1, -0.05) is 54.6 Å². The van der Waals surface area contributed by atoms with Crippen LogP contribution in [0.3, 0.4) is 0 Å². The van der Waals surface area contributed by atoms with Crippen LogP contribution in [0.15, 0.2) is 72.8 Å². The first-order chi connectivity index (χ1) is 17.3. The maximum absolute atomic E-state index is 11.5. The Morgan fingerprint density at radius 2 is 0.722 bits per heavy atom. The number of nitrogens with zero attached hydrogens (tertiary/aromatic N) is 3. The third kappa shape index (κ3) is 5.34. The molecule has 4 rings (SSSR count). The molecule has 0 unspecified atom stereocenters. The van der Waals surface area contributed by atoms with Gasteiger partial charge in [0.2, 0.25) is 17.8 Å². The standard InChI is InChI=1S/C24H18N6O6/c31-19(32)13-7-1-4-10-16(13)25-22-28-23(26-17-11-5-2-8-14(17)20(33)34)30-24(29-22)27-18-12-6-3-9-15(18)21(35)36/h1-12H,(H,31,32)(H,33,34)(H,35,36)(H3,25,26,27,28,29,30)/p-3. The van der Waals surface area contributed by atoms with Gasteiger partial charge in [-0.05, 0) is 18.2 Å². The van der Waals surface area contributed by atoms with E-state index in [2.05, 4.69) is 30.9 Å². The molecule has 0 atom stereocenters. The van der Waals surface area contributed by atoms with Crippen LogP contribution in [0, 0.1) is 0 Å². The van der Waals surface area contributed by atoms with Crippen LogP contribution in [-0.4, -0.2) is 32.9 Å². The minimum absolute atomic E-state index is 0.117. The Labute approximate surface area is 203 Å². The molecule has 1 heterocycles. The van der Waals surface area contributed by atoms with Crippen molar-refractivity contribution in [1.82, 2.24) is 15.0 Å². The van der Waals surface area contributed by atoms with Gasteiger partial charge in [0.15, 0.2) is 0 Å². The molecular formula is C24H15N6O6-3. The molecule has 0 aliphatic heterocycles. The van der Waals surface area contributed by atoms with Gasteiger partial charge in [0, 0.05) is 33.8 Å². The number of hydrogen-bond acceptors (Lipinski definition) is 12. The number of rotatable bonds is 9. The first-order valence-electron chi connectivity index (χ1n) is 10.3. The summed E-state index contributed by atoms with van der Waals surface area (Å²) in [6.45, 7) is 0. The number of hydrogen-bond donors (Lipinski definition) is 3. The number of anilines is 6. The summed E-state index contributed by atoms with van der Waals surface area (Å²) < 4.78 is 0. The van der Waals surface area contributed by atoms with Gasteiger partial charge in [0.1, 0.15) is 0 Å². The van der Waals surface area contributed by atoms with Crippen molar-refractivity contribution >= 4 is 52.8 Å². The molecule has 0 aliphatic carbocycles. The number of aromatic nitrogens is 3. The number of carboxylic acid groups (broad SMARTS) is 3. The lowest BCUT2D eigenvalue weighted by Crippen LogP contribution is -2.24. The SMILES string of the molecule is O=C([O-])c1ccccc1Nc1nc(Nc2ccccc2C(=O)[O-])nc(Nc2ccccc2C(=O)[O-])n1. The van der Waals surface area contributed by atoms with Gasteiger partial charge in [-0.3, -0.25) is 0 Å². The Morgan fingerprint density at radius 3 is 0.972 bits per heavy atom. The first kappa shape index (κ1) is 23.6. The van der Waals surface area contributed by atoms with E-state index in [4.69, 9.17) is 0 Å². The van der Waals surface area contributed by atoms with Gasteiger partial charge in [-0.25, -0.2) is 0 Å². The molecule has 0 spiro atoms. The second kappa shape index (κ2) is 10.2. The molecule has 12 heteroatoms. The van der Waals surface area contributed by atoms with Gasteiger partial charge in [0.05, 0.1) is 17.9 Å². The maximum Gasteiger partial charge on any atom is 0.233 e. The van der Waals surface area contributed by atoms with Crippen molar-refractivity contribution in [1.29, 1.82) is 0 Å². The van der Waals surface area contributed by atoms with Crippen LogP contribution in [0.25, 0.3) is 0 Å². The summed E-state index contributed by atoms with van der Waals surface area (Å²) in [5.74, 6) is -4.72. The highest BCUT2D eigenvalue weighted by atomic mass is 16.4. The molecule has 0 saturated carbocycles. The molecule has 3 aromatic carbocycles. The third-order valence-electron chi connectivity index (χ3n) is 4.82. The van der Waals surface area contributed by atoms with Crippen LogP contribution in [0.2, 0.25) is 0 Å². The number of aromatic carboxylic acids is 3. The smallest absolute Gasteiger partial charge is 0.233 e. The van der Waals surface area contributed by atoms with Crippen molar-refractivity contribution in [2.75, 3.05) is 16.0 Å². The van der Waals surface area contributed by atoms with E-state index in [-0.39, 0.29) is 51.6 Å². The van der Waals surface area contributed by atoms with Crippen molar-refractivity contribution in [2.45, 2.75) is 0 Å². The van der Waals surface area contributed by atoms with E-state index in [1.807, 2.05) is 0 Å². The Balaban J connectivity index is 1.77. The molecule has 0 radical (unpaired) electrons. The van der Waals surface area contributed by atoms with Crippen LogP contribution in [0.1, 0.15) is 31.1 Å². The monoisotopic (exact) mass is 483 g/mol. The fourth-order valence-corrected chi connectivity index (χ4v) is 3.22. The van der Waals surface area contributed by atoms with E-state index in [9.17, 15) is 29.7 Å². The fraction of sp³-hybridized carbons (Fsp3) is 0. The van der Waals surface area contributed by atoms with Gasteiger partial charge in [0.25, 0.3) is 0 Å². The van der Waals surface area contributed by atoms with Crippen molar-refractivity contribution < 1.29 is 29.7 Å². The number of carbonyl (C=O) groups is 3. The second-order valence-electron chi connectivity index (χ2n) is 7.18. The molecule has 180 valence electrons. The topological polar surface area (TPSA) is 195 Å². The lowest BCUT2D eigenvalue weighted by molar-refractivity contribution is -0.256. The van der Waals surface area contributed by atoms with Gasteiger partial charge in [-0.2, -0.15) is 15.0 Å². The van der Waals surface area contributed by atoms with E-state index >= 15 is 0 Å². The molecule has 0 bridgehead atoms. The Kier molecular flexibility index (Phi) is 6.68. The van der Waals surface area contributed by atoms with Crippen LogP contribution < -0.4 is 31.3 Å². The highest BCUT2D eigenvalue weighted by Crippen LogP contribution is 2.25. The molecule has 0 fully saturated rings. The average Bonchev–Trinajstić information content (AvgIpc) is 2.84. The average molecular weight is 483 g/mol. The van der Waals surface area contributed by atoms with Crippen LogP contribution in [0.5, 0.6) is 0 Å². The number of carboxylic acids is 3. The summed E-state index contributed by atoms with van der Waals surface area (Å²) in [5.41, 5.74) is -0.132. The second-order valence-corrected chi connectivity index (χ2v) is 7.18. The maximum atomic E-state index is 11.5.